The third-order valence-electron chi connectivity index (χ3n) is 4.15. The number of aliphatic hydroxyl groups is 2. The van der Waals surface area contributed by atoms with E-state index in [2.05, 4.69) is 6.07 Å². The van der Waals surface area contributed by atoms with Gasteiger partial charge in [0.2, 0.25) is 0 Å². The quantitative estimate of drug-likeness (QED) is 0.476. The fourth-order valence-electron chi connectivity index (χ4n) is 2.42. The van der Waals surface area contributed by atoms with E-state index in [1.165, 1.54) is 0 Å². The molecule has 6 heteroatoms. The molecule has 2 rings (SSSR count). The molecular weight excluding hydrogens is 540 g/mol. The van der Waals surface area contributed by atoms with Gasteiger partial charge in [-0.25, -0.2) is 0 Å². The third-order valence-corrected chi connectivity index (χ3v) is 4.15. The summed E-state index contributed by atoms with van der Waals surface area (Å²) in [5, 5.41) is 16.9. The van der Waals surface area contributed by atoms with Gasteiger partial charge in [-0.3, -0.25) is 0 Å². The van der Waals surface area contributed by atoms with Crippen LogP contribution in [0.5, 0.6) is 11.5 Å². The number of hydrogen-bond acceptors (Lipinski definition) is 5. The molecule has 0 saturated carbocycles. The van der Waals surface area contributed by atoms with Crippen molar-refractivity contribution in [2.24, 2.45) is 5.73 Å². The molecule has 0 aromatic heterocycles. The van der Waals surface area contributed by atoms with E-state index in [4.69, 9.17) is 20.3 Å². The van der Waals surface area contributed by atoms with Gasteiger partial charge in [0.25, 0.3) is 0 Å². The van der Waals surface area contributed by atoms with E-state index < -0.39 is 5.60 Å². The van der Waals surface area contributed by atoms with Crippen LogP contribution in [0.15, 0.2) is 42.5 Å². The maximum atomic E-state index is 9.91. The van der Waals surface area contributed by atoms with Gasteiger partial charge < -0.3 is 25.4 Å². The minimum absolute atomic E-state index is 0. The second-order valence-corrected chi connectivity index (χ2v) is 6.70. The van der Waals surface area contributed by atoms with Crippen LogP contribution in [0.3, 0.4) is 0 Å². The largest absolute Gasteiger partial charge is 0.496 e. The van der Waals surface area contributed by atoms with Crippen molar-refractivity contribution in [1.29, 1.82) is 0 Å². The molecule has 0 heterocycles. The van der Waals surface area contributed by atoms with Crippen LogP contribution < -0.4 is 15.2 Å². The Kier molecular flexibility index (Phi) is 11.8. The van der Waals surface area contributed by atoms with Crippen molar-refractivity contribution in [3.63, 3.8) is 0 Å². The molecule has 0 saturated heterocycles. The van der Waals surface area contributed by atoms with Crippen molar-refractivity contribution in [3.8, 4) is 11.5 Å². The Hall–Kier alpha value is -1.20. The van der Waals surface area contributed by atoms with Gasteiger partial charge in [-0.2, -0.15) is 0 Å². The van der Waals surface area contributed by atoms with Gasteiger partial charge in [0.1, 0.15) is 18.1 Å². The molecule has 0 amide bonds. The number of methoxy groups -OCH3 is 1. The molecule has 4 N–H and O–H groups in total. The van der Waals surface area contributed by atoms with Crippen LogP contribution >= 0.6 is 0 Å². The molecule has 0 aliphatic heterocycles. The number of benzene rings is 2. The summed E-state index contributed by atoms with van der Waals surface area (Å²) < 4.78 is 11.1. The zero-order valence-electron chi connectivity index (χ0n) is 16.7. The van der Waals surface area contributed by atoms with Crippen molar-refractivity contribution in [3.05, 3.63) is 59.2 Å². The zero-order valence-corrected chi connectivity index (χ0v) is 19.6. The minimum atomic E-state index is -0.888. The second-order valence-electron chi connectivity index (χ2n) is 6.70. The van der Waals surface area contributed by atoms with E-state index in [-0.39, 0.29) is 32.2 Å². The van der Waals surface area contributed by atoms with E-state index in [0.717, 1.165) is 35.3 Å². The summed E-state index contributed by atoms with van der Waals surface area (Å²) >= 11 is 0. The summed E-state index contributed by atoms with van der Waals surface area (Å²) in [6, 6.07) is 13.6. The van der Waals surface area contributed by atoms with E-state index in [1.54, 1.807) is 21.0 Å². The standard InChI is InChI=1S/C20H27NO3.CH4O.At/c1-14-11-16(7-10-18(14)23-4)13-24-17-8-5-15(6-9-17)12-19(21)20(2,3)22;1-2;/h5-11,19,22H,12-13,21H2,1-4H3;2H,1H3;/t19-;;/m0../s1. The molecule has 0 spiro atoms. The summed E-state index contributed by atoms with van der Waals surface area (Å²) in [6.07, 6.45) is 0.626. The maximum Gasteiger partial charge on any atom is 0.121 e. The number of nitrogens with two attached hydrogens (primary N) is 1. The van der Waals surface area contributed by atoms with Crippen molar-refractivity contribution < 1.29 is 45.9 Å². The van der Waals surface area contributed by atoms with E-state index >= 15 is 0 Å². The van der Waals surface area contributed by atoms with Gasteiger partial charge in [0, 0.05) is 39.4 Å². The number of hydrogen-bond donors (Lipinski definition) is 3. The molecule has 0 fully saturated rings. The first-order chi connectivity index (χ1) is 12.3. The molecule has 5 nitrogen and oxygen atoms in total. The summed E-state index contributed by atoms with van der Waals surface area (Å²) in [5.74, 6) is 1.69. The Morgan fingerprint density at radius 3 is 2.07 bits per heavy atom. The average Bonchev–Trinajstić information content (AvgIpc) is 2.62. The molecule has 0 unspecified atom stereocenters. The van der Waals surface area contributed by atoms with Crippen LogP contribution in [-0.2, 0) is 13.0 Å². The number of aryl methyl sites for hydroxylation is 1. The normalized spacial score (nSPS) is 11.6. The third kappa shape index (κ3) is 8.57. The van der Waals surface area contributed by atoms with E-state index in [1.807, 2.05) is 43.3 Å². The Labute approximate surface area is 181 Å². The van der Waals surface area contributed by atoms with Crippen molar-refractivity contribution in [2.75, 3.05) is 14.2 Å². The SMILES string of the molecule is CO.COc1ccc(COc2ccc(C[C@H](N)C(C)(C)O)cc2)cc1C.[At]. The molecule has 1 radical (unpaired) electrons. The molecule has 151 valence electrons. The number of aliphatic hydroxyl groups excluding tert-OH is 1. The smallest absolute Gasteiger partial charge is 0.121 e. The fraction of sp³-hybridized carbons (Fsp3) is 0.429. The van der Waals surface area contributed by atoms with Gasteiger partial charge in [0.15, 0.2) is 0 Å². The molecule has 2 aromatic carbocycles. The van der Waals surface area contributed by atoms with Gasteiger partial charge in [-0.05, 0) is 68.1 Å². The van der Waals surface area contributed by atoms with E-state index in [0.29, 0.717) is 13.0 Å². The molecular formula is C21H31AtNO4. The average molecular weight is 571 g/mol. The van der Waals surface area contributed by atoms with Crippen LogP contribution in [0.2, 0.25) is 0 Å². The first-order valence-corrected chi connectivity index (χ1v) is 8.57. The Morgan fingerprint density at radius 2 is 1.59 bits per heavy atom. The summed E-state index contributed by atoms with van der Waals surface area (Å²) in [5.41, 5.74) is 8.39. The van der Waals surface area contributed by atoms with Crippen molar-refractivity contribution in [1.82, 2.24) is 0 Å². The monoisotopic (exact) mass is 571 g/mol. The molecule has 0 aliphatic carbocycles. The van der Waals surface area contributed by atoms with Crippen molar-refractivity contribution >= 4 is 0 Å². The van der Waals surface area contributed by atoms with Crippen molar-refractivity contribution in [2.45, 2.75) is 45.4 Å². The second kappa shape index (κ2) is 12.3. The molecule has 1 atom stereocenters. The Morgan fingerprint density at radius 1 is 1.04 bits per heavy atom. The van der Waals surface area contributed by atoms with E-state index in [9.17, 15) is 5.11 Å². The zero-order chi connectivity index (χ0) is 19.7. The predicted octanol–water partition coefficient (Wildman–Crippen LogP) is 2.83. The van der Waals surface area contributed by atoms with Gasteiger partial charge in [-0.15, -0.1) is 0 Å². The molecule has 0 bridgehead atoms. The van der Waals surface area contributed by atoms with Gasteiger partial charge in [-0.1, -0.05) is 18.2 Å². The molecule has 0 aliphatic rings. The molecule has 27 heavy (non-hydrogen) atoms. The summed E-state index contributed by atoms with van der Waals surface area (Å²) in [6.45, 7) is 5.98. The Bertz CT molecular complexity index is 669. The topological polar surface area (TPSA) is 84.9 Å². The fourth-order valence-corrected chi connectivity index (χ4v) is 2.42. The van der Waals surface area contributed by atoms with Crippen LogP contribution in [0.1, 0.15) is 30.5 Å². The first-order valence-electron chi connectivity index (χ1n) is 8.57. The number of rotatable bonds is 7. The summed E-state index contributed by atoms with van der Waals surface area (Å²) in [4.78, 5) is 0. The van der Waals surface area contributed by atoms with Gasteiger partial charge in [0.05, 0.1) is 12.7 Å². The van der Waals surface area contributed by atoms with Gasteiger partial charge >= 0.3 is 0 Å². The van der Waals surface area contributed by atoms with Crippen LogP contribution in [0.4, 0.5) is 0 Å². The Balaban J connectivity index is 0.00000218. The summed E-state index contributed by atoms with van der Waals surface area (Å²) in [7, 11) is 2.67. The predicted molar refractivity (Wildman–Crippen MR) is 105 cm³/mol. The first kappa shape index (κ1) is 25.8. The van der Waals surface area contributed by atoms with Crippen LogP contribution in [-0.4, -0.2) is 36.1 Å². The maximum absolute atomic E-state index is 9.91. The van der Waals surface area contributed by atoms with Crippen LogP contribution in [0.25, 0.3) is 0 Å². The molecule has 2 aromatic rings. The number of ether oxygens (including phenoxy) is 2. The minimum Gasteiger partial charge on any atom is -0.496 e. The van der Waals surface area contributed by atoms with Crippen LogP contribution in [0, 0.1) is 33.1 Å².